The molecule has 3 fully saturated rings. The lowest BCUT2D eigenvalue weighted by molar-refractivity contribution is -0.0418. The highest BCUT2D eigenvalue weighted by Crippen LogP contribution is 2.68. The summed E-state index contributed by atoms with van der Waals surface area (Å²) in [6, 6.07) is 6.54. The molecule has 1 heteroatoms. The predicted molar refractivity (Wildman–Crippen MR) is 103 cm³/mol. The summed E-state index contributed by atoms with van der Waals surface area (Å²) >= 11 is 0. The smallest absolute Gasteiger partial charge is 0.0440 e. The molecule has 0 amide bonds. The van der Waals surface area contributed by atoms with Gasteiger partial charge in [-0.05, 0) is 98.5 Å². The zero-order chi connectivity index (χ0) is 17.1. The van der Waals surface area contributed by atoms with Gasteiger partial charge in [0, 0.05) is 17.8 Å². The second-order valence-corrected chi connectivity index (χ2v) is 9.88. The molecule has 0 spiro atoms. The summed E-state index contributed by atoms with van der Waals surface area (Å²) < 4.78 is 0. The van der Waals surface area contributed by atoms with Crippen LogP contribution in [0, 0.1) is 28.6 Å². The molecule has 1 nitrogen and oxygen atoms in total. The SMILES string of the molecule is C[C@]12CC[C@H]3[C@@H](CCC4=CCCC[C@@]43C)[C@@H]1CC[C@@H]2c1ccccn1. The van der Waals surface area contributed by atoms with E-state index in [0.29, 0.717) is 16.7 Å². The summed E-state index contributed by atoms with van der Waals surface area (Å²) in [4.78, 5) is 4.77. The van der Waals surface area contributed by atoms with Crippen molar-refractivity contribution in [3.63, 3.8) is 0 Å². The van der Waals surface area contributed by atoms with Crippen molar-refractivity contribution in [3.8, 4) is 0 Å². The molecule has 4 aliphatic rings. The van der Waals surface area contributed by atoms with Crippen LogP contribution < -0.4 is 0 Å². The van der Waals surface area contributed by atoms with E-state index in [4.69, 9.17) is 4.98 Å². The molecule has 5 rings (SSSR count). The molecule has 0 aromatic carbocycles. The van der Waals surface area contributed by atoms with E-state index < -0.39 is 0 Å². The van der Waals surface area contributed by atoms with Crippen molar-refractivity contribution in [2.75, 3.05) is 0 Å². The Hall–Kier alpha value is -1.11. The summed E-state index contributed by atoms with van der Waals surface area (Å²) in [7, 11) is 0. The molecule has 4 aliphatic carbocycles. The van der Waals surface area contributed by atoms with Crippen LogP contribution in [0.2, 0.25) is 0 Å². The van der Waals surface area contributed by atoms with Crippen LogP contribution in [0.1, 0.15) is 83.2 Å². The Labute approximate surface area is 153 Å². The zero-order valence-corrected chi connectivity index (χ0v) is 16.0. The normalized spacial score (nSPS) is 45.9. The largest absolute Gasteiger partial charge is 0.261 e. The quantitative estimate of drug-likeness (QED) is 0.532. The Kier molecular flexibility index (Phi) is 3.67. The maximum atomic E-state index is 4.77. The Morgan fingerprint density at radius 3 is 2.76 bits per heavy atom. The maximum Gasteiger partial charge on any atom is 0.0440 e. The monoisotopic (exact) mass is 335 g/mol. The molecule has 0 saturated heterocycles. The zero-order valence-electron chi connectivity index (χ0n) is 16.0. The number of nitrogens with zero attached hydrogens (tertiary/aromatic N) is 1. The van der Waals surface area contributed by atoms with E-state index in [1.54, 1.807) is 0 Å². The van der Waals surface area contributed by atoms with Gasteiger partial charge in [-0.3, -0.25) is 4.98 Å². The first-order valence-corrected chi connectivity index (χ1v) is 10.7. The topological polar surface area (TPSA) is 12.9 Å². The van der Waals surface area contributed by atoms with Crippen molar-refractivity contribution in [2.45, 2.75) is 77.6 Å². The number of aromatic nitrogens is 1. The standard InChI is InChI=1S/C24H33N/c1-23-14-5-3-7-17(23)9-10-18-19-11-12-21(22-8-4-6-16-25-22)24(19,2)15-13-20(18)23/h4,6-8,16,18-21H,3,5,9-15H2,1-2H3/t18-,19-,20-,21+,23-,24-/m0/s1. The molecular weight excluding hydrogens is 302 g/mol. The number of allylic oxidation sites excluding steroid dienone is 2. The van der Waals surface area contributed by atoms with Crippen molar-refractivity contribution in [1.29, 1.82) is 0 Å². The van der Waals surface area contributed by atoms with E-state index in [2.05, 4.69) is 38.1 Å². The fraction of sp³-hybridized carbons (Fsp3) is 0.708. The number of pyridine rings is 1. The maximum absolute atomic E-state index is 4.77. The fourth-order valence-electron chi connectivity index (χ4n) is 7.82. The van der Waals surface area contributed by atoms with Crippen LogP contribution in [-0.4, -0.2) is 4.98 Å². The number of rotatable bonds is 1. The summed E-state index contributed by atoms with van der Waals surface area (Å²) in [5.74, 6) is 3.54. The van der Waals surface area contributed by atoms with Gasteiger partial charge in [0.25, 0.3) is 0 Å². The van der Waals surface area contributed by atoms with E-state index >= 15 is 0 Å². The van der Waals surface area contributed by atoms with Crippen molar-refractivity contribution < 1.29 is 0 Å². The first-order chi connectivity index (χ1) is 12.1. The number of fused-ring (bicyclic) bond motifs is 5. The minimum Gasteiger partial charge on any atom is -0.261 e. The van der Waals surface area contributed by atoms with Crippen molar-refractivity contribution in [3.05, 3.63) is 41.7 Å². The van der Waals surface area contributed by atoms with Gasteiger partial charge >= 0.3 is 0 Å². The van der Waals surface area contributed by atoms with Gasteiger partial charge in [0.2, 0.25) is 0 Å². The van der Waals surface area contributed by atoms with E-state index in [-0.39, 0.29) is 0 Å². The van der Waals surface area contributed by atoms with Gasteiger partial charge < -0.3 is 0 Å². The van der Waals surface area contributed by atoms with E-state index in [9.17, 15) is 0 Å². The molecule has 0 radical (unpaired) electrons. The van der Waals surface area contributed by atoms with Crippen LogP contribution in [0.3, 0.4) is 0 Å². The summed E-state index contributed by atoms with van der Waals surface area (Å²) in [5, 5.41) is 0. The van der Waals surface area contributed by atoms with Crippen LogP contribution >= 0.6 is 0 Å². The van der Waals surface area contributed by atoms with Gasteiger partial charge in [-0.15, -0.1) is 0 Å². The Bertz CT molecular complexity index is 677. The molecule has 134 valence electrons. The average Bonchev–Trinajstić information content (AvgIpc) is 2.99. The molecule has 1 heterocycles. The van der Waals surface area contributed by atoms with Gasteiger partial charge in [0.05, 0.1) is 0 Å². The first-order valence-electron chi connectivity index (χ1n) is 10.7. The minimum absolute atomic E-state index is 0.488. The Morgan fingerprint density at radius 1 is 1.00 bits per heavy atom. The molecule has 25 heavy (non-hydrogen) atoms. The van der Waals surface area contributed by atoms with Crippen LogP contribution in [0.15, 0.2) is 36.0 Å². The predicted octanol–water partition coefficient (Wildman–Crippen LogP) is 6.52. The fourth-order valence-corrected chi connectivity index (χ4v) is 7.82. The molecule has 0 aliphatic heterocycles. The molecule has 1 aromatic heterocycles. The molecule has 0 N–H and O–H groups in total. The number of hydrogen-bond donors (Lipinski definition) is 0. The van der Waals surface area contributed by atoms with E-state index in [0.717, 1.165) is 17.8 Å². The Balaban J connectivity index is 1.47. The second kappa shape index (κ2) is 5.69. The molecule has 3 saturated carbocycles. The highest BCUT2D eigenvalue weighted by atomic mass is 14.7. The van der Waals surface area contributed by atoms with Crippen molar-refractivity contribution >= 4 is 0 Å². The third-order valence-electron chi connectivity index (χ3n) is 9.07. The lowest BCUT2D eigenvalue weighted by Gasteiger charge is -2.58. The van der Waals surface area contributed by atoms with Gasteiger partial charge in [-0.25, -0.2) is 0 Å². The highest BCUT2D eigenvalue weighted by molar-refractivity contribution is 5.25. The third-order valence-corrected chi connectivity index (χ3v) is 9.07. The van der Waals surface area contributed by atoms with E-state index in [1.807, 2.05) is 11.8 Å². The van der Waals surface area contributed by atoms with Crippen LogP contribution in [0.25, 0.3) is 0 Å². The van der Waals surface area contributed by atoms with Crippen molar-refractivity contribution in [2.24, 2.45) is 28.6 Å². The first kappa shape index (κ1) is 16.1. The molecule has 0 bridgehead atoms. The average molecular weight is 336 g/mol. The molecular formula is C24H33N. The van der Waals surface area contributed by atoms with Crippen LogP contribution in [-0.2, 0) is 0 Å². The highest BCUT2D eigenvalue weighted by Gasteiger charge is 2.58. The second-order valence-electron chi connectivity index (χ2n) is 9.88. The number of hydrogen-bond acceptors (Lipinski definition) is 1. The summed E-state index contributed by atoms with van der Waals surface area (Å²) in [6.07, 6.45) is 17.4. The van der Waals surface area contributed by atoms with Gasteiger partial charge in [0.15, 0.2) is 0 Å². The van der Waals surface area contributed by atoms with E-state index in [1.165, 1.54) is 63.5 Å². The summed E-state index contributed by atoms with van der Waals surface area (Å²) in [5.41, 5.74) is 4.22. The van der Waals surface area contributed by atoms with Crippen LogP contribution in [0.5, 0.6) is 0 Å². The molecule has 0 unspecified atom stereocenters. The molecule has 6 atom stereocenters. The van der Waals surface area contributed by atoms with Crippen LogP contribution in [0.4, 0.5) is 0 Å². The van der Waals surface area contributed by atoms with Gasteiger partial charge in [-0.1, -0.05) is 31.6 Å². The Morgan fingerprint density at radius 2 is 1.92 bits per heavy atom. The third kappa shape index (κ3) is 2.23. The molecule has 1 aromatic rings. The van der Waals surface area contributed by atoms with Crippen molar-refractivity contribution in [1.82, 2.24) is 4.98 Å². The lowest BCUT2D eigenvalue weighted by Crippen LogP contribution is -2.49. The minimum atomic E-state index is 0.488. The lowest BCUT2D eigenvalue weighted by atomic mass is 9.47. The summed E-state index contributed by atoms with van der Waals surface area (Å²) in [6.45, 7) is 5.25. The van der Waals surface area contributed by atoms with Gasteiger partial charge in [0.1, 0.15) is 0 Å². The van der Waals surface area contributed by atoms with Gasteiger partial charge in [-0.2, -0.15) is 0 Å².